The Labute approximate surface area is 135 Å². The molecule has 0 bridgehead atoms. The summed E-state index contributed by atoms with van der Waals surface area (Å²) in [5.74, 6) is -0.820. The van der Waals surface area contributed by atoms with Gasteiger partial charge in [0.1, 0.15) is 17.4 Å². The molecule has 0 aromatic heterocycles. The van der Waals surface area contributed by atoms with Crippen LogP contribution in [0.25, 0.3) is 0 Å². The molecule has 2 rings (SSSR count). The average Bonchev–Trinajstić information content (AvgIpc) is 2.48. The van der Waals surface area contributed by atoms with Crippen molar-refractivity contribution in [1.82, 2.24) is 5.32 Å². The lowest BCUT2D eigenvalue weighted by Crippen LogP contribution is -2.21. The Bertz CT molecular complexity index is 666. The first-order valence-corrected chi connectivity index (χ1v) is 7.30. The van der Waals surface area contributed by atoms with Crippen molar-refractivity contribution in [2.75, 3.05) is 14.2 Å². The van der Waals surface area contributed by atoms with Crippen LogP contribution in [0.3, 0.4) is 0 Å². The zero-order valence-electron chi connectivity index (χ0n) is 11.4. The van der Waals surface area contributed by atoms with Crippen molar-refractivity contribution in [3.63, 3.8) is 0 Å². The topological polar surface area (TPSA) is 21.3 Å². The molecular formula is C15H13BrClF2NO. The Balaban J connectivity index is 2.63. The molecule has 2 aromatic rings. The van der Waals surface area contributed by atoms with Gasteiger partial charge < -0.3 is 10.1 Å². The fraction of sp³-hybridized carbons (Fsp3) is 0.200. The van der Waals surface area contributed by atoms with E-state index in [1.54, 1.807) is 25.2 Å². The number of ether oxygens (including phenoxy) is 1. The Morgan fingerprint density at radius 2 is 1.95 bits per heavy atom. The number of methoxy groups -OCH3 is 1. The lowest BCUT2D eigenvalue weighted by molar-refractivity contribution is 0.403. The number of rotatable bonds is 4. The summed E-state index contributed by atoms with van der Waals surface area (Å²) in [6.45, 7) is 0. The van der Waals surface area contributed by atoms with Crippen molar-refractivity contribution in [3.8, 4) is 5.75 Å². The zero-order valence-corrected chi connectivity index (χ0v) is 13.7. The maximum absolute atomic E-state index is 14.3. The summed E-state index contributed by atoms with van der Waals surface area (Å²) in [6.07, 6.45) is 0. The van der Waals surface area contributed by atoms with E-state index in [4.69, 9.17) is 16.3 Å². The first-order chi connectivity index (χ1) is 9.99. The number of benzene rings is 2. The van der Waals surface area contributed by atoms with Crippen LogP contribution < -0.4 is 10.1 Å². The van der Waals surface area contributed by atoms with E-state index in [0.29, 0.717) is 16.3 Å². The largest absolute Gasteiger partial charge is 0.496 e. The fourth-order valence-electron chi connectivity index (χ4n) is 2.19. The van der Waals surface area contributed by atoms with Gasteiger partial charge in [0.25, 0.3) is 0 Å². The molecule has 0 saturated carbocycles. The van der Waals surface area contributed by atoms with Crippen LogP contribution in [0.2, 0.25) is 5.02 Å². The summed E-state index contributed by atoms with van der Waals surface area (Å²) in [4.78, 5) is 0. The van der Waals surface area contributed by atoms with E-state index in [1.165, 1.54) is 19.2 Å². The normalized spacial score (nSPS) is 12.3. The van der Waals surface area contributed by atoms with E-state index in [9.17, 15) is 8.78 Å². The van der Waals surface area contributed by atoms with Gasteiger partial charge in [-0.3, -0.25) is 0 Å². The molecular weight excluding hydrogens is 364 g/mol. The number of hydrogen-bond donors (Lipinski definition) is 1. The molecule has 0 aliphatic rings. The van der Waals surface area contributed by atoms with E-state index in [-0.39, 0.29) is 10.0 Å². The van der Waals surface area contributed by atoms with Crippen molar-refractivity contribution < 1.29 is 13.5 Å². The summed E-state index contributed by atoms with van der Waals surface area (Å²) in [5, 5.41) is 3.40. The van der Waals surface area contributed by atoms with Gasteiger partial charge in [0, 0.05) is 16.1 Å². The van der Waals surface area contributed by atoms with Gasteiger partial charge in [0.05, 0.1) is 17.6 Å². The minimum Gasteiger partial charge on any atom is -0.496 e. The molecule has 21 heavy (non-hydrogen) atoms. The van der Waals surface area contributed by atoms with Gasteiger partial charge in [-0.1, -0.05) is 17.7 Å². The van der Waals surface area contributed by atoms with Crippen LogP contribution in [0.5, 0.6) is 5.75 Å². The third-order valence-electron chi connectivity index (χ3n) is 3.16. The first kappa shape index (κ1) is 16.2. The molecule has 0 heterocycles. The molecule has 0 spiro atoms. The molecule has 0 aliphatic carbocycles. The van der Waals surface area contributed by atoms with Crippen molar-refractivity contribution in [2.45, 2.75) is 6.04 Å². The molecule has 0 aliphatic heterocycles. The second kappa shape index (κ2) is 6.73. The fourth-order valence-corrected chi connectivity index (χ4v) is 2.69. The van der Waals surface area contributed by atoms with E-state index < -0.39 is 17.7 Å². The summed E-state index contributed by atoms with van der Waals surface area (Å²) < 4.78 is 33.9. The van der Waals surface area contributed by atoms with Gasteiger partial charge in [0.15, 0.2) is 0 Å². The Morgan fingerprint density at radius 1 is 1.24 bits per heavy atom. The van der Waals surface area contributed by atoms with Crippen molar-refractivity contribution in [3.05, 3.63) is 62.6 Å². The summed E-state index contributed by atoms with van der Waals surface area (Å²) >= 11 is 9.00. The van der Waals surface area contributed by atoms with E-state index in [2.05, 4.69) is 21.2 Å². The highest BCUT2D eigenvalue weighted by molar-refractivity contribution is 9.10. The maximum atomic E-state index is 14.3. The third-order valence-corrected chi connectivity index (χ3v) is 4.01. The average molecular weight is 377 g/mol. The van der Waals surface area contributed by atoms with Crippen LogP contribution in [0, 0.1) is 11.6 Å². The predicted octanol–water partition coefficient (Wildman–Crippen LogP) is 4.70. The van der Waals surface area contributed by atoms with Crippen molar-refractivity contribution in [1.29, 1.82) is 0 Å². The van der Waals surface area contributed by atoms with Crippen molar-refractivity contribution in [2.24, 2.45) is 0 Å². The van der Waals surface area contributed by atoms with Gasteiger partial charge in [-0.15, -0.1) is 0 Å². The minimum atomic E-state index is -0.699. The summed E-state index contributed by atoms with van der Waals surface area (Å²) in [6, 6.07) is 6.79. The van der Waals surface area contributed by atoms with Crippen LogP contribution in [0.15, 0.2) is 34.8 Å². The maximum Gasteiger partial charge on any atom is 0.145 e. The van der Waals surface area contributed by atoms with E-state index in [0.717, 1.165) is 0 Å². The molecule has 0 saturated heterocycles. The standard InChI is InChI=1S/C15H13BrClF2NO/c1-20-15(9-4-3-8(17)7-12(9)21-2)13-11(18)6-5-10(16)14(13)19/h3-7,15,20H,1-2H3. The van der Waals surface area contributed by atoms with E-state index in [1.807, 2.05) is 0 Å². The number of nitrogens with one attached hydrogen (secondary N) is 1. The van der Waals surface area contributed by atoms with E-state index >= 15 is 0 Å². The van der Waals surface area contributed by atoms with Gasteiger partial charge >= 0.3 is 0 Å². The third kappa shape index (κ3) is 3.20. The zero-order chi connectivity index (χ0) is 15.6. The van der Waals surface area contributed by atoms with Gasteiger partial charge in [0.2, 0.25) is 0 Å². The highest BCUT2D eigenvalue weighted by Crippen LogP contribution is 2.35. The molecule has 1 N–H and O–H groups in total. The lowest BCUT2D eigenvalue weighted by Gasteiger charge is -2.21. The molecule has 0 fully saturated rings. The Morgan fingerprint density at radius 3 is 2.57 bits per heavy atom. The molecule has 112 valence electrons. The summed E-state index contributed by atoms with van der Waals surface area (Å²) in [5.41, 5.74) is 0.521. The second-order valence-electron chi connectivity index (χ2n) is 4.36. The minimum absolute atomic E-state index is 0.0764. The number of halogens is 4. The quantitative estimate of drug-likeness (QED) is 0.781. The van der Waals surface area contributed by atoms with Crippen LogP contribution in [-0.4, -0.2) is 14.2 Å². The molecule has 2 nitrogen and oxygen atoms in total. The van der Waals surface area contributed by atoms with Gasteiger partial charge in [-0.2, -0.15) is 0 Å². The molecule has 6 heteroatoms. The smallest absolute Gasteiger partial charge is 0.145 e. The Kier molecular flexibility index (Phi) is 5.19. The van der Waals surface area contributed by atoms with Gasteiger partial charge in [-0.25, -0.2) is 8.78 Å². The first-order valence-electron chi connectivity index (χ1n) is 6.13. The van der Waals surface area contributed by atoms with Crippen LogP contribution in [0.1, 0.15) is 17.2 Å². The molecule has 1 unspecified atom stereocenters. The SMILES string of the molecule is CNC(c1ccc(Cl)cc1OC)c1c(F)ccc(Br)c1F. The predicted molar refractivity (Wildman–Crippen MR) is 83.0 cm³/mol. The summed E-state index contributed by atoms with van der Waals surface area (Å²) in [7, 11) is 3.11. The molecule has 1 atom stereocenters. The van der Waals surface area contributed by atoms with Crippen LogP contribution in [0.4, 0.5) is 8.78 Å². The van der Waals surface area contributed by atoms with Gasteiger partial charge in [-0.05, 0) is 47.2 Å². The highest BCUT2D eigenvalue weighted by Gasteiger charge is 2.25. The Hall–Kier alpha value is -1.17. The monoisotopic (exact) mass is 375 g/mol. The highest BCUT2D eigenvalue weighted by atomic mass is 79.9. The molecule has 0 amide bonds. The lowest BCUT2D eigenvalue weighted by atomic mass is 9.97. The molecule has 2 aromatic carbocycles. The molecule has 0 radical (unpaired) electrons. The van der Waals surface area contributed by atoms with Crippen LogP contribution >= 0.6 is 27.5 Å². The second-order valence-corrected chi connectivity index (χ2v) is 5.66. The van der Waals surface area contributed by atoms with Crippen molar-refractivity contribution >= 4 is 27.5 Å². The number of hydrogen-bond acceptors (Lipinski definition) is 2. The van der Waals surface area contributed by atoms with Crippen LogP contribution in [-0.2, 0) is 0 Å².